The summed E-state index contributed by atoms with van der Waals surface area (Å²) in [7, 11) is 21.2. The average Bonchev–Trinajstić information content (AvgIpc) is 1.56. The Morgan fingerprint density at radius 2 is 0.515 bits per heavy atom. The van der Waals surface area contributed by atoms with Crippen molar-refractivity contribution in [2.45, 2.75) is 375 Å². The van der Waals surface area contributed by atoms with Crippen LogP contribution in [-0.2, 0) is 46.0 Å². The molecule has 0 N–H and O–H groups in total. The Labute approximate surface area is 840 Å². The second kappa shape index (κ2) is 62.1. The molecule has 11 nitrogen and oxygen atoms in total. The largest absolute Gasteiger partial charge is 0.502 e. The van der Waals surface area contributed by atoms with Crippen LogP contribution in [0.3, 0.4) is 0 Å². The van der Waals surface area contributed by atoms with Gasteiger partial charge in [0.15, 0.2) is 6.17 Å². The number of allylic oxidation sites excluding steroid dienone is 4. The van der Waals surface area contributed by atoms with Crippen LogP contribution in [0.4, 0.5) is 22.7 Å². The van der Waals surface area contributed by atoms with Gasteiger partial charge in [0.25, 0.3) is 0 Å². The molecule has 0 radical (unpaired) electrons. The molecular formula is C107H179Cl7N7O4P3Ru2+2. The van der Waals surface area contributed by atoms with Gasteiger partial charge < -0.3 is 38.5 Å². The van der Waals surface area contributed by atoms with Crippen LogP contribution >= 0.6 is 97.8 Å². The number of alkyl halides is 3. The summed E-state index contributed by atoms with van der Waals surface area (Å²) in [6.07, 6.45) is 51.8. The molecule has 0 amide bonds. The molecule has 4 aromatic carbocycles. The van der Waals surface area contributed by atoms with Gasteiger partial charge in [-0.15, -0.1) is 0 Å². The molecule has 12 aliphatic rings. The van der Waals surface area contributed by atoms with Crippen molar-refractivity contribution < 1.29 is 46.0 Å². The summed E-state index contributed by atoms with van der Waals surface area (Å²) in [6, 6.07) is 17.9. The van der Waals surface area contributed by atoms with E-state index in [9.17, 15) is 0 Å². The van der Waals surface area contributed by atoms with Crippen LogP contribution in [0.25, 0.3) is 0 Å². The number of rotatable bonds is 15. The zero-order valence-corrected chi connectivity index (χ0v) is 93.8. The first-order valence-corrected chi connectivity index (χ1v) is 66.8. The monoisotopic (exact) mass is 2170 g/mol. The van der Waals surface area contributed by atoms with Gasteiger partial charge >= 0.3 is 126 Å². The smallest absolute Gasteiger partial charge is 0.228 e. The summed E-state index contributed by atoms with van der Waals surface area (Å²) in [5.74, 6) is 0. The van der Waals surface area contributed by atoms with Gasteiger partial charge in [-0.3, -0.25) is 0 Å². The predicted molar refractivity (Wildman–Crippen MR) is 582 cm³/mol. The van der Waals surface area contributed by atoms with Gasteiger partial charge in [-0.25, -0.2) is 0 Å². The molecule has 0 aromatic heterocycles. The van der Waals surface area contributed by atoms with Crippen LogP contribution in [0.5, 0.6) is 0 Å². The molecule has 6 saturated heterocycles. The van der Waals surface area contributed by atoms with Gasteiger partial charge in [-0.1, -0.05) is 159 Å². The first-order chi connectivity index (χ1) is 61.5. The minimum Gasteiger partial charge on any atom is -0.502 e. The fourth-order valence-corrected chi connectivity index (χ4v) is 39.6. The number of hydrogen-bond acceptors (Lipinski definition) is 11. The predicted octanol–water partition coefficient (Wildman–Crippen LogP) is 31.3. The number of nitrogens with zero attached hydrogens (tertiary/aromatic N) is 7. The Morgan fingerprint density at radius 1 is 0.308 bits per heavy atom. The maximum Gasteiger partial charge on any atom is 0.228 e. The first kappa shape index (κ1) is 117. The second-order valence-electron chi connectivity index (χ2n) is 39.3. The van der Waals surface area contributed by atoms with E-state index >= 15 is 0 Å². The maximum absolute atomic E-state index is 6.55. The number of ether oxygens (including phenoxy) is 4. The van der Waals surface area contributed by atoms with Crippen LogP contribution in [0.15, 0.2) is 71.8 Å². The van der Waals surface area contributed by atoms with Crippen molar-refractivity contribution in [3.63, 3.8) is 0 Å². The number of benzene rings is 4. The molecule has 23 heteroatoms. The van der Waals surface area contributed by atoms with E-state index in [1.807, 2.05) is 49.1 Å². The summed E-state index contributed by atoms with van der Waals surface area (Å²) in [4.78, 5) is 9.33. The summed E-state index contributed by atoms with van der Waals surface area (Å²) in [6.45, 7) is 55.4. The fourth-order valence-electron chi connectivity index (χ4n) is 23.0. The van der Waals surface area contributed by atoms with Crippen molar-refractivity contribution in [1.29, 1.82) is 0 Å². The third-order valence-corrected chi connectivity index (χ3v) is 44.2. The summed E-state index contributed by atoms with van der Waals surface area (Å²) in [5.41, 5.74) is 29.6. The Hall–Kier alpha value is -0.413. The minimum atomic E-state index is -1.52. The van der Waals surface area contributed by atoms with Gasteiger partial charge in [-0.05, 0) is 295 Å². The van der Waals surface area contributed by atoms with Gasteiger partial charge in [0.1, 0.15) is 0 Å². The molecule has 12 fully saturated rings. The number of anilines is 4. The molecule has 6 aliphatic heterocycles. The van der Waals surface area contributed by atoms with Crippen LogP contribution in [0.2, 0.25) is 0 Å². The van der Waals surface area contributed by atoms with E-state index in [0.29, 0.717) is 0 Å². The molecule has 16 rings (SSSR count). The minimum absolute atomic E-state index is 0. The molecule has 0 atom stereocenters. The SMILES string of the molecule is C.C.C1CCC([PH+](C2CCCCC2)N2CCOCC2)CC1.C1CCC([PH+](C2CCCCC2)N2CCOCC2)CC1.C1CCC([PH+](C2CCCCC2)N2CCOCC2)CC1.C1CCOC1.CC(C)=C[CH]=[Ru]([Cl])[Cl].CC(C)=C[CH]=[Ru]([Cl])[Cl].Cc1cc(C)c(N2CCN(c3c(C)cc(C)cc3C)C2C(Cl)(Cl)Cl)c(C)c1.Cc1cc(C)c(N2[CH-]N(c3c(C)cc(C)cc3C)CC2)c(C)c1. The maximum atomic E-state index is 6.55. The van der Waals surface area contributed by atoms with Crippen LogP contribution in [0.1, 0.15) is 315 Å². The van der Waals surface area contributed by atoms with Crippen LogP contribution < -0.4 is 19.6 Å². The van der Waals surface area contributed by atoms with Gasteiger partial charge in [0.05, 0.1) is 137 Å². The number of halogens is 7. The van der Waals surface area contributed by atoms with Gasteiger partial charge in [-0.2, -0.15) is 20.7 Å². The van der Waals surface area contributed by atoms with Crippen molar-refractivity contribution in [3.8, 4) is 0 Å². The Morgan fingerprint density at radius 3 is 0.692 bits per heavy atom. The van der Waals surface area contributed by atoms with E-state index in [-0.39, 0.29) is 45.2 Å². The molecule has 130 heavy (non-hydrogen) atoms. The van der Waals surface area contributed by atoms with Crippen molar-refractivity contribution >= 4 is 130 Å². The zero-order valence-electron chi connectivity index (χ0n) is 82.0. The number of aryl methyl sites for hydroxylation is 12. The summed E-state index contributed by atoms with van der Waals surface area (Å²) in [5, 5.41) is 0. The van der Waals surface area contributed by atoms with E-state index in [2.05, 4.69) is 172 Å². The van der Waals surface area contributed by atoms with E-state index in [0.717, 1.165) is 113 Å². The molecule has 6 aliphatic carbocycles. The van der Waals surface area contributed by atoms with Crippen LogP contribution in [-0.4, -0.2) is 185 Å². The summed E-state index contributed by atoms with van der Waals surface area (Å²) < 4.78 is 32.8. The van der Waals surface area contributed by atoms with E-state index < -0.39 is 30.8 Å². The van der Waals surface area contributed by atoms with E-state index in [4.69, 9.17) is 92.5 Å². The molecular weight excluding hydrogens is 1990 g/mol. The van der Waals surface area contributed by atoms with Crippen LogP contribution in [0, 0.1) is 89.8 Å². The normalized spacial score (nSPS) is 20.7. The van der Waals surface area contributed by atoms with E-state index in [1.54, 1.807) is 77.0 Å². The van der Waals surface area contributed by atoms with Gasteiger partial charge in [0, 0.05) is 62.1 Å². The summed E-state index contributed by atoms with van der Waals surface area (Å²) >= 11 is 16.6. The number of morpholine rings is 3. The Kier molecular flexibility index (Phi) is 55.7. The standard InChI is InChI=1S/C22H27Cl3N2.C21H27N2.3C16H30NOP.2C5H8.C4H8O.2CH4.4ClH.2Ru/c1-13-9-15(3)19(16(4)10-13)26-7-8-27(21(26)22(23,24)25)20-17(5)11-14(2)12-18(20)6;1-14-9-16(3)20(17(4)10-14)22-7-8-23(13-22)21-18(5)11-15(2)12-19(21)6;3*1-3-7-15(8-4-1)19(16-9-5-2-6-10-16)17-11-13-18-14-12-17;2*1-4-5(2)3;1-2-4-5-3-1;;;;;;;;/h9-12,21H,7-8H2,1-6H3;9-13H,7-8H2,1-6H3;3*15-16H,1-14H2;2*1,4H,2-3H3;1-4H2;2*1H4;4*1H;;/q;-1;;;;;;;;;;;;;2*+2/p-1. The van der Waals surface area contributed by atoms with Crippen molar-refractivity contribution in [3.05, 3.63) is 145 Å². The first-order valence-electron chi connectivity index (χ1n) is 49.9. The molecule has 6 saturated carbocycles. The van der Waals surface area contributed by atoms with Gasteiger partial charge in [0.2, 0.25) is 3.79 Å². The van der Waals surface area contributed by atoms with Crippen molar-refractivity contribution in [2.24, 2.45) is 0 Å². The molecule has 4 aromatic rings. The Bertz CT molecular complexity index is 3480. The zero-order chi connectivity index (χ0) is 92.2. The molecule has 744 valence electrons. The fraction of sp³-hybridized carbons (Fsp3) is 0.710. The third-order valence-electron chi connectivity index (χ3n) is 28.1. The number of hydrogen-bond donors (Lipinski definition) is 0. The quantitative estimate of drug-likeness (QED) is 0.0495. The van der Waals surface area contributed by atoms with Crippen molar-refractivity contribution in [1.82, 2.24) is 14.0 Å². The Balaban J connectivity index is 0.000000210. The van der Waals surface area contributed by atoms with Crippen molar-refractivity contribution in [2.75, 3.05) is 138 Å². The molecule has 6 heterocycles. The third kappa shape index (κ3) is 38.5. The molecule has 0 bridgehead atoms. The molecule has 0 unspecified atom stereocenters. The second-order valence-corrected chi connectivity index (χ2v) is 62.6. The molecule has 0 spiro atoms. The average molecular weight is 2170 g/mol. The van der Waals surface area contributed by atoms with E-state index in [1.165, 1.54) is 268 Å². The topological polar surface area (TPSA) is 59.6 Å².